The Labute approximate surface area is 93.1 Å². The van der Waals surface area contributed by atoms with Crippen molar-refractivity contribution in [2.24, 2.45) is 0 Å². The zero-order valence-electron chi connectivity index (χ0n) is 8.80. The largest absolute Gasteiger partial charge is 0.309 e. The molecule has 2 rings (SSSR count). The minimum Gasteiger partial charge on any atom is -0.309 e. The molecule has 0 unspecified atom stereocenters. The monoisotopic (exact) mass is 225 g/mol. The van der Waals surface area contributed by atoms with Gasteiger partial charge in [-0.2, -0.15) is 0 Å². The summed E-state index contributed by atoms with van der Waals surface area (Å²) in [6.45, 7) is 3.15. The number of thiazole rings is 1. The molecular formula is C10H15N3OS. The molecule has 0 saturated carbocycles. The fraction of sp³-hybridized carbons (Fsp3) is 0.600. The van der Waals surface area contributed by atoms with Gasteiger partial charge in [0.2, 0.25) is 5.91 Å². The average Bonchev–Trinajstić information content (AvgIpc) is 2.74. The molecule has 0 atom stereocenters. The maximum Gasteiger partial charge on any atom is 0.240 e. The SMILES string of the molecule is CCNCC(=O)Nc1nc2c(s1)CCC2. The summed E-state index contributed by atoms with van der Waals surface area (Å²) in [5, 5.41) is 6.55. The van der Waals surface area contributed by atoms with E-state index in [0.29, 0.717) is 6.54 Å². The van der Waals surface area contributed by atoms with Crippen molar-refractivity contribution in [2.45, 2.75) is 26.2 Å². The molecule has 0 aliphatic heterocycles. The first-order valence-electron chi connectivity index (χ1n) is 5.28. The molecule has 0 saturated heterocycles. The van der Waals surface area contributed by atoms with Crippen molar-refractivity contribution in [1.82, 2.24) is 10.3 Å². The molecule has 0 fully saturated rings. The van der Waals surface area contributed by atoms with E-state index >= 15 is 0 Å². The molecule has 1 aliphatic rings. The summed E-state index contributed by atoms with van der Waals surface area (Å²) in [6, 6.07) is 0. The summed E-state index contributed by atoms with van der Waals surface area (Å²) in [5.74, 6) is -0.00993. The molecule has 1 aromatic rings. The Kier molecular flexibility index (Phi) is 3.33. The van der Waals surface area contributed by atoms with E-state index < -0.39 is 0 Å². The fourth-order valence-corrected chi connectivity index (χ4v) is 2.71. The van der Waals surface area contributed by atoms with Gasteiger partial charge in [-0.3, -0.25) is 4.79 Å². The van der Waals surface area contributed by atoms with Crippen molar-refractivity contribution in [3.63, 3.8) is 0 Å². The van der Waals surface area contributed by atoms with Crippen LogP contribution in [0.1, 0.15) is 23.9 Å². The summed E-state index contributed by atoms with van der Waals surface area (Å²) in [4.78, 5) is 17.1. The second-order valence-corrected chi connectivity index (χ2v) is 4.65. The van der Waals surface area contributed by atoms with E-state index in [9.17, 15) is 4.79 Å². The van der Waals surface area contributed by atoms with Crippen LogP contribution in [0.4, 0.5) is 5.13 Å². The van der Waals surface area contributed by atoms with Crippen molar-refractivity contribution in [3.8, 4) is 0 Å². The second kappa shape index (κ2) is 4.72. The Morgan fingerprint density at radius 2 is 2.40 bits per heavy atom. The molecule has 2 N–H and O–H groups in total. The molecule has 1 amide bonds. The molecule has 0 aromatic carbocycles. The number of amides is 1. The first kappa shape index (κ1) is 10.6. The Hall–Kier alpha value is -0.940. The molecule has 1 heterocycles. The summed E-state index contributed by atoms with van der Waals surface area (Å²) < 4.78 is 0. The number of hydrogen-bond acceptors (Lipinski definition) is 4. The third-order valence-electron chi connectivity index (χ3n) is 2.38. The normalized spacial score (nSPS) is 13.9. The number of fused-ring (bicyclic) bond motifs is 1. The van der Waals surface area contributed by atoms with Crippen molar-refractivity contribution in [2.75, 3.05) is 18.4 Å². The maximum absolute atomic E-state index is 11.4. The maximum atomic E-state index is 11.4. The third kappa shape index (κ3) is 2.54. The standard InChI is InChI=1S/C10H15N3OS/c1-2-11-6-9(14)13-10-12-7-4-3-5-8(7)15-10/h11H,2-6H2,1H3,(H,12,13,14). The van der Waals surface area contributed by atoms with Crippen LogP contribution in [0.15, 0.2) is 0 Å². The molecule has 4 nitrogen and oxygen atoms in total. The van der Waals surface area contributed by atoms with Gasteiger partial charge in [0, 0.05) is 4.88 Å². The van der Waals surface area contributed by atoms with E-state index in [1.807, 2.05) is 6.92 Å². The molecule has 1 aromatic heterocycles. The predicted octanol–water partition coefficient (Wildman–Crippen LogP) is 1.18. The van der Waals surface area contributed by atoms with Crippen LogP contribution in [0.3, 0.4) is 0 Å². The number of anilines is 1. The van der Waals surface area contributed by atoms with Crippen LogP contribution in [0.2, 0.25) is 0 Å². The van der Waals surface area contributed by atoms with Gasteiger partial charge in [-0.15, -0.1) is 11.3 Å². The second-order valence-electron chi connectivity index (χ2n) is 3.57. The Morgan fingerprint density at radius 1 is 1.53 bits per heavy atom. The van der Waals surface area contributed by atoms with Gasteiger partial charge in [0.15, 0.2) is 5.13 Å². The third-order valence-corrected chi connectivity index (χ3v) is 3.45. The summed E-state index contributed by atoms with van der Waals surface area (Å²) in [7, 11) is 0. The van der Waals surface area contributed by atoms with E-state index in [4.69, 9.17) is 0 Å². The molecule has 0 bridgehead atoms. The van der Waals surface area contributed by atoms with E-state index in [2.05, 4.69) is 15.6 Å². The topological polar surface area (TPSA) is 54.0 Å². The predicted molar refractivity (Wildman–Crippen MR) is 61.3 cm³/mol. The van der Waals surface area contributed by atoms with Gasteiger partial charge in [0.05, 0.1) is 12.2 Å². The van der Waals surface area contributed by atoms with E-state index in [-0.39, 0.29) is 5.91 Å². The highest BCUT2D eigenvalue weighted by molar-refractivity contribution is 7.15. The van der Waals surface area contributed by atoms with Crippen LogP contribution in [0.25, 0.3) is 0 Å². The Balaban J connectivity index is 1.90. The highest BCUT2D eigenvalue weighted by Crippen LogP contribution is 2.30. The molecule has 0 spiro atoms. The van der Waals surface area contributed by atoms with Crippen molar-refractivity contribution >= 4 is 22.4 Å². The van der Waals surface area contributed by atoms with Crippen LogP contribution < -0.4 is 10.6 Å². The van der Waals surface area contributed by atoms with Gasteiger partial charge in [-0.1, -0.05) is 6.92 Å². The smallest absolute Gasteiger partial charge is 0.240 e. The zero-order valence-corrected chi connectivity index (χ0v) is 9.62. The van der Waals surface area contributed by atoms with Gasteiger partial charge in [0.25, 0.3) is 0 Å². The summed E-state index contributed by atoms with van der Waals surface area (Å²) in [5.41, 5.74) is 1.18. The molecule has 82 valence electrons. The lowest BCUT2D eigenvalue weighted by molar-refractivity contribution is -0.115. The highest BCUT2D eigenvalue weighted by Gasteiger charge is 2.17. The van der Waals surface area contributed by atoms with Crippen molar-refractivity contribution in [1.29, 1.82) is 0 Å². The Bertz CT molecular complexity index is 340. The summed E-state index contributed by atoms with van der Waals surface area (Å²) in [6.07, 6.45) is 3.39. The highest BCUT2D eigenvalue weighted by atomic mass is 32.1. The lowest BCUT2D eigenvalue weighted by Crippen LogP contribution is -2.27. The molecule has 1 aliphatic carbocycles. The Morgan fingerprint density at radius 3 is 3.13 bits per heavy atom. The van der Waals surface area contributed by atoms with Crippen molar-refractivity contribution < 1.29 is 4.79 Å². The van der Waals surface area contributed by atoms with Crippen LogP contribution in [-0.4, -0.2) is 24.0 Å². The van der Waals surface area contributed by atoms with E-state index in [0.717, 1.165) is 24.5 Å². The minimum absolute atomic E-state index is 0.00993. The lowest BCUT2D eigenvalue weighted by Gasteiger charge is -2.01. The average molecular weight is 225 g/mol. The molecule has 15 heavy (non-hydrogen) atoms. The number of hydrogen-bond donors (Lipinski definition) is 2. The number of carbonyl (C=O) groups excluding carboxylic acids is 1. The van der Waals surface area contributed by atoms with Gasteiger partial charge in [-0.05, 0) is 25.8 Å². The number of rotatable bonds is 4. The van der Waals surface area contributed by atoms with E-state index in [1.165, 1.54) is 17.0 Å². The first-order valence-corrected chi connectivity index (χ1v) is 6.10. The first-order chi connectivity index (χ1) is 7.29. The zero-order chi connectivity index (χ0) is 10.7. The summed E-state index contributed by atoms with van der Waals surface area (Å²) >= 11 is 1.61. The van der Waals surface area contributed by atoms with Gasteiger partial charge >= 0.3 is 0 Å². The number of aromatic nitrogens is 1. The lowest BCUT2D eigenvalue weighted by atomic mass is 10.4. The number of aryl methyl sites for hydroxylation is 2. The van der Waals surface area contributed by atoms with Crippen LogP contribution in [0.5, 0.6) is 0 Å². The van der Waals surface area contributed by atoms with Gasteiger partial charge in [-0.25, -0.2) is 4.98 Å². The number of carbonyl (C=O) groups is 1. The van der Waals surface area contributed by atoms with Crippen LogP contribution >= 0.6 is 11.3 Å². The molecule has 0 radical (unpaired) electrons. The quantitative estimate of drug-likeness (QED) is 0.809. The minimum atomic E-state index is -0.00993. The van der Waals surface area contributed by atoms with Crippen LogP contribution in [-0.2, 0) is 17.6 Å². The molecular weight excluding hydrogens is 210 g/mol. The number of nitrogens with zero attached hydrogens (tertiary/aromatic N) is 1. The van der Waals surface area contributed by atoms with Crippen LogP contribution in [0, 0.1) is 0 Å². The van der Waals surface area contributed by atoms with Gasteiger partial charge in [0.1, 0.15) is 0 Å². The number of likely N-dealkylation sites (N-methyl/N-ethyl adjacent to an activating group) is 1. The molecule has 5 heteroatoms. The van der Waals surface area contributed by atoms with E-state index in [1.54, 1.807) is 11.3 Å². The fourth-order valence-electron chi connectivity index (χ4n) is 1.65. The van der Waals surface area contributed by atoms with Gasteiger partial charge < -0.3 is 10.6 Å². The number of nitrogens with one attached hydrogen (secondary N) is 2. The van der Waals surface area contributed by atoms with Crippen molar-refractivity contribution in [3.05, 3.63) is 10.6 Å².